The Morgan fingerprint density at radius 3 is 2.58 bits per heavy atom. The Kier molecular flexibility index (Phi) is 4.43. The maximum Gasteiger partial charge on any atom is 0.134 e. The fourth-order valence-corrected chi connectivity index (χ4v) is 2.29. The van der Waals surface area contributed by atoms with E-state index in [1.807, 2.05) is 7.05 Å². The lowest BCUT2D eigenvalue weighted by Gasteiger charge is -2.10. The van der Waals surface area contributed by atoms with Gasteiger partial charge in [0.25, 0.3) is 0 Å². The van der Waals surface area contributed by atoms with Crippen LogP contribution in [0.15, 0.2) is 40.8 Å². The molecule has 1 aromatic carbocycles. The minimum Gasteiger partial charge on any atom is -0.459 e. The van der Waals surface area contributed by atoms with Gasteiger partial charge >= 0.3 is 0 Å². The van der Waals surface area contributed by atoms with Crippen LogP contribution in [0.3, 0.4) is 0 Å². The van der Waals surface area contributed by atoms with Gasteiger partial charge in [-0.15, -0.1) is 0 Å². The van der Waals surface area contributed by atoms with Crippen molar-refractivity contribution in [2.45, 2.75) is 39.2 Å². The molecule has 0 bridgehead atoms. The predicted octanol–water partition coefficient (Wildman–Crippen LogP) is 4.74. The van der Waals surface area contributed by atoms with E-state index in [9.17, 15) is 0 Å². The molecule has 102 valence electrons. The van der Waals surface area contributed by atoms with E-state index in [4.69, 9.17) is 4.42 Å². The molecule has 2 aromatic rings. The van der Waals surface area contributed by atoms with Crippen LogP contribution in [0, 0.1) is 0 Å². The van der Waals surface area contributed by atoms with Gasteiger partial charge in [-0.3, -0.25) is 0 Å². The molecule has 0 amide bonds. The monoisotopic (exact) mass is 257 g/mol. The smallest absolute Gasteiger partial charge is 0.134 e. The zero-order valence-corrected chi connectivity index (χ0v) is 12.2. The highest BCUT2D eigenvalue weighted by Crippen LogP contribution is 2.28. The fraction of sp³-hybridized carbons (Fsp3) is 0.412. The van der Waals surface area contributed by atoms with Crippen LogP contribution in [-0.2, 0) is 0 Å². The maximum absolute atomic E-state index is 5.99. The summed E-state index contributed by atoms with van der Waals surface area (Å²) in [4.78, 5) is 0. The van der Waals surface area contributed by atoms with Gasteiger partial charge in [0.1, 0.15) is 11.5 Å². The molecule has 0 aliphatic heterocycles. The highest BCUT2D eigenvalue weighted by Gasteiger charge is 2.12. The zero-order valence-electron chi connectivity index (χ0n) is 12.2. The second kappa shape index (κ2) is 6.07. The van der Waals surface area contributed by atoms with E-state index in [0.717, 1.165) is 23.5 Å². The van der Waals surface area contributed by atoms with E-state index in [2.05, 4.69) is 62.5 Å². The van der Waals surface area contributed by atoms with Crippen molar-refractivity contribution in [2.24, 2.45) is 0 Å². The van der Waals surface area contributed by atoms with Crippen molar-refractivity contribution in [3.05, 3.63) is 47.7 Å². The summed E-state index contributed by atoms with van der Waals surface area (Å²) in [6.45, 7) is 6.57. The van der Waals surface area contributed by atoms with Crippen molar-refractivity contribution >= 4 is 0 Å². The summed E-state index contributed by atoms with van der Waals surface area (Å²) < 4.78 is 5.99. The molecule has 0 radical (unpaired) electrons. The molecule has 0 saturated carbocycles. The fourth-order valence-electron chi connectivity index (χ4n) is 2.29. The predicted molar refractivity (Wildman–Crippen MR) is 80.3 cm³/mol. The molecule has 0 saturated heterocycles. The Hall–Kier alpha value is -1.54. The van der Waals surface area contributed by atoms with Crippen LogP contribution in [0.25, 0.3) is 11.3 Å². The van der Waals surface area contributed by atoms with E-state index in [1.165, 1.54) is 5.56 Å². The first-order valence-corrected chi connectivity index (χ1v) is 7.03. The summed E-state index contributed by atoms with van der Waals surface area (Å²) in [5, 5.41) is 3.27. The number of rotatable bonds is 5. The van der Waals surface area contributed by atoms with Crippen LogP contribution < -0.4 is 5.32 Å². The molecule has 0 fully saturated rings. The molecule has 2 rings (SSSR count). The Balaban J connectivity index is 2.30. The second-order valence-electron chi connectivity index (χ2n) is 5.23. The molecule has 1 N–H and O–H groups in total. The van der Waals surface area contributed by atoms with Crippen molar-refractivity contribution in [1.82, 2.24) is 5.32 Å². The highest BCUT2D eigenvalue weighted by atomic mass is 16.3. The molecule has 1 atom stereocenters. The number of nitrogens with one attached hydrogen (secondary N) is 1. The first-order chi connectivity index (χ1) is 9.15. The lowest BCUT2D eigenvalue weighted by atomic mass is 10.0. The first-order valence-electron chi connectivity index (χ1n) is 7.03. The molecular weight excluding hydrogens is 234 g/mol. The first kappa shape index (κ1) is 13.9. The molecule has 1 heterocycles. The lowest BCUT2D eigenvalue weighted by Crippen LogP contribution is -2.14. The van der Waals surface area contributed by atoms with Gasteiger partial charge in [-0.1, -0.05) is 39.0 Å². The van der Waals surface area contributed by atoms with Gasteiger partial charge in [0.2, 0.25) is 0 Å². The third-order valence-corrected chi connectivity index (χ3v) is 3.56. The van der Waals surface area contributed by atoms with E-state index in [0.29, 0.717) is 12.0 Å². The van der Waals surface area contributed by atoms with Crippen molar-refractivity contribution in [2.75, 3.05) is 7.05 Å². The van der Waals surface area contributed by atoms with Crippen LogP contribution in [-0.4, -0.2) is 7.05 Å². The Morgan fingerprint density at radius 1 is 1.16 bits per heavy atom. The van der Waals surface area contributed by atoms with E-state index in [-0.39, 0.29) is 0 Å². The minimum absolute atomic E-state index is 0.294. The topological polar surface area (TPSA) is 25.2 Å². The quantitative estimate of drug-likeness (QED) is 0.837. The Morgan fingerprint density at radius 2 is 1.95 bits per heavy atom. The average Bonchev–Trinajstić information content (AvgIpc) is 2.90. The van der Waals surface area contributed by atoms with Crippen molar-refractivity contribution in [3.8, 4) is 11.3 Å². The maximum atomic E-state index is 5.99. The van der Waals surface area contributed by atoms with E-state index in [1.54, 1.807) is 0 Å². The number of hydrogen-bond acceptors (Lipinski definition) is 2. The average molecular weight is 257 g/mol. The Bertz CT molecular complexity index is 524. The molecule has 1 unspecified atom stereocenters. The summed E-state index contributed by atoms with van der Waals surface area (Å²) >= 11 is 0. The normalized spacial score (nSPS) is 12.9. The van der Waals surface area contributed by atoms with Gasteiger partial charge in [-0.05, 0) is 43.1 Å². The van der Waals surface area contributed by atoms with Crippen molar-refractivity contribution in [3.63, 3.8) is 0 Å². The largest absolute Gasteiger partial charge is 0.459 e. The summed E-state index contributed by atoms with van der Waals surface area (Å²) in [5.74, 6) is 2.50. The standard InChI is InChI=1S/C17H23NO/c1-5-15(18-4)17-10-9-16(19-17)14-8-6-7-13(11-14)12(2)3/h6-12,15,18H,5H2,1-4H3. The van der Waals surface area contributed by atoms with E-state index < -0.39 is 0 Å². The summed E-state index contributed by atoms with van der Waals surface area (Å²) in [5.41, 5.74) is 2.50. The third kappa shape index (κ3) is 3.07. The Labute approximate surface area is 115 Å². The van der Waals surface area contributed by atoms with Gasteiger partial charge in [0, 0.05) is 5.56 Å². The lowest BCUT2D eigenvalue weighted by molar-refractivity contribution is 0.431. The van der Waals surface area contributed by atoms with Gasteiger partial charge in [-0.25, -0.2) is 0 Å². The third-order valence-electron chi connectivity index (χ3n) is 3.56. The van der Waals surface area contributed by atoms with E-state index >= 15 is 0 Å². The van der Waals surface area contributed by atoms with Crippen LogP contribution in [0.4, 0.5) is 0 Å². The number of hydrogen-bond donors (Lipinski definition) is 1. The summed E-state index contributed by atoms with van der Waals surface area (Å²) in [6, 6.07) is 13.0. The SMILES string of the molecule is CCC(NC)c1ccc(-c2cccc(C(C)C)c2)o1. The van der Waals surface area contributed by atoms with Crippen LogP contribution in [0.1, 0.15) is 50.5 Å². The number of furan rings is 1. The molecule has 1 aromatic heterocycles. The van der Waals surface area contributed by atoms with Crippen LogP contribution in [0.5, 0.6) is 0 Å². The van der Waals surface area contributed by atoms with Crippen molar-refractivity contribution < 1.29 is 4.42 Å². The second-order valence-corrected chi connectivity index (χ2v) is 5.23. The van der Waals surface area contributed by atoms with Gasteiger partial charge < -0.3 is 9.73 Å². The summed E-state index contributed by atoms with van der Waals surface area (Å²) in [6.07, 6.45) is 1.02. The number of benzene rings is 1. The molecule has 19 heavy (non-hydrogen) atoms. The molecule has 0 spiro atoms. The zero-order chi connectivity index (χ0) is 13.8. The van der Waals surface area contributed by atoms with Crippen LogP contribution in [0.2, 0.25) is 0 Å². The van der Waals surface area contributed by atoms with Crippen LogP contribution >= 0.6 is 0 Å². The molecule has 0 aliphatic carbocycles. The molecule has 2 nitrogen and oxygen atoms in total. The van der Waals surface area contributed by atoms with Gasteiger partial charge in [0.05, 0.1) is 6.04 Å². The minimum atomic E-state index is 0.294. The highest BCUT2D eigenvalue weighted by molar-refractivity contribution is 5.59. The van der Waals surface area contributed by atoms with Gasteiger partial charge in [0.15, 0.2) is 0 Å². The molecular formula is C17H23NO. The van der Waals surface area contributed by atoms with Crippen molar-refractivity contribution in [1.29, 1.82) is 0 Å². The molecule has 2 heteroatoms. The molecule has 0 aliphatic rings. The van der Waals surface area contributed by atoms with Gasteiger partial charge in [-0.2, -0.15) is 0 Å². The summed E-state index contributed by atoms with van der Waals surface area (Å²) in [7, 11) is 1.97.